The molecular weight excluding hydrogens is 422 g/mol. The predicted molar refractivity (Wildman–Crippen MR) is 118 cm³/mol. The number of amides is 1. The second-order valence-electron chi connectivity index (χ2n) is 7.74. The van der Waals surface area contributed by atoms with E-state index >= 15 is 0 Å². The van der Waals surface area contributed by atoms with E-state index in [1.54, 1.807) is 29.6 Å². The average molecular weight is 445 g/mol. The second kappa shape index (κ2) is 8.81. The number of carbonyl (C=O) groups excluding carboxylic acids is 1. The lowest BCUT2D eigenvalue weighted by atomic mass is 10.1. The summed E-state index contributed by atoms with van der Waals surface area (Å²) < 4.78 is 11.1. The third-order valence-corrected chi connectivity index (χ3v) is 5.55. The first-order chi connectivity index (χ1) is 16.2. The lowest BCUT2D eigenvalue weighted by Gasteiger charge is -2.23. The highest BCUT2D eigenvalue weighted by Gasteiger charge is 2.35. The molecule has 10 heteroatoms. The number of hydrogen-bond acceptors (Lipinski definition) is 8. The maximum absolute atomic E-state index is 13.7. The molecule has 168 valence electrons. The van der Waals surface area contributed by atoms with E-state index < -0.39 is 0 Å². The van der Waals surface area contributed by atoms with E-state index in [-0.39, 0.29) is 11.9 Å². The number of aromatic nitrogens is 6. The van der Waals surface area contributed by atoms with Gasteiger partial charge in [-0.3, -0.25) is 4.79 Å². The van der Waals surface area contributed by atoms with E-state index in [9.17, 15) is 4.79 Å². The lowest BCUT2D eigenvalue weighted by molar-refractivity contribution is 0.0728. The Morgan fingerprint density at radius 1 is 1.21 bits per heavy atom. The highest BCUT2D eigenvalue weighted by atomic mass is 16.5. The summed E-state index contributed by atoms with van der Waals surface area (Å²) in [5, 5.41) is 12.6. The van der Waals surface area contributed by atoms with Crippen molar-refractivity contribution in [1.29, 1.82) is 0 Å². The van der Waals surface area contributed by atoms with E-state index in [0.29, 0.717) is 47.6 Å². The number of benzene rings is 1. The van der Waals surface area contributed by atoms with Crippen LogP contribution in [0.25, 0.3) is 17.1 Å². The molecule has 33 heavy (non-hydrogen) atoms. The highest BCUT2D eigenvalue weighted by molar-refractivity contribution is 5.98. The number of rotatable bonds is 6. The Labute approximate surface area is 190 Å². The monoisotopic (exact) mass is 445 g/mol. The number of ether oxygens (including phenoxy) is 1. The molecule has 0 aliphatic carbocycles. The Balaban J connectivity index is 1.46. The van der Waals surface area contributed by atoms with Gasteiger partial charge in [-0.15, -0.1) is 0 Å². The molecule has 1 aliphatic heterocycles. The molecule has 0 N–H and O–H groups in total. The standard InChI is InChI=1S/C23H23N7O3/c1-3-32-21-16(6-4-10-24-21)22-27-20(28-33-22)19-7-5-13-29(19)23(31)17-14-15(2)8-9-18(17)30-25-11-12-26-30/h4,6,8-12,14,19H,3,5,7,13H2,1-2H3. The molecule has 5 rings (SSSR count). The van der Waals surface area contributed by atoms with E-state index in [1.807, 2.05) is 38.1 Å². The van der Waals surface area contributed by atoms with Gasteiger partial charge in [0.15, 0.2) is 5.82 Å². The average Bonchev–Trinajstić information content (AvgIpc) is 3.60. The zero-order valence-electron chi connectivity index (χ0n) is 18.4. The minimum Gasteiger partial charge on any atom is -0.477 e. The number of pyridine rings is 1. The maximum Gasteiger partial charge on any atom is 0.263 e. The smallest absolute Gasteiger partial charge is 0.263 e. The van der Waals surface area contributed by atoms with Crippen molar-refractivity contribution in [2.75, 3.05) is 13.2 Å². The van der Waals surface area contributed by atoms with Crippen LogP contribution in [0.4, 0.5) is 0 Å². The van der Waals surface area contributed by atoms with Crippen molar-refractivity contribution in [3.05, 3.63) is 65.9 Å². The SMILES string of the molecule is CCOc1ncccc1-c1nc(C2CCCN2C(=O)c2cc(C)ccc2-n2nccn2)no1. The van der Waals surface area contributed by atoms with Crippen LogP contribution in [0, 0.1) is 6.92 Å². The second-order valence-corrected chi connectivity index (χ2v) is 7.74. The van der Waals surface area contributed by atoms with Crippen LogP contribution >= 0.6 is 0 Å². The molecule has 0 bridgehead atoms. The van der Waals surface area contributed by atoms with Crippen molar-refractivity contribution >= 4 is 5.91 Å². The molecule has 3 aromatic heterocycles. The van der Waals surface area contributed by atoms with Crippen LogP contribution in [0.3, 0.4) is 0 Å². The molecule has 10 nitrogen and oxygen atoms in total. The van der Waals surface area contributed by atoms with E-state index in [1.165, 1.54) is 4.80 Å². The Bertz CT molecular complexity index is 1270. The van der Waals surface area contributed by atoms with Gasteiger partial charge < -0.3 is 14.2 Å². The first-order valence-corrected chi connectivity index (χ1v) is 10.9. The minimum atomic E-state index is -0.291. The molecular formula is C23H23N7O3. The molecule has 1 aromatic carbocycles. The largest absolute Gasteiger partial charge is 0.477 e. The van der Waals surface area contributed by atoms with Gasteiger partial charge in [0.25, 0.3) is 11.8 Å². The Morgan fingerprint density at radius 2 is 2.06 bits per heavy atom. The fraction of sp³-hybridized carbons (Fsp3) is 0.304. The molecule has 1 amide bonds. The summed E-state index contributed by atoms with van der Waals surface area (Å²) in [7, 11) is 0. The fourth-order valence-electron chi connectivity index (χ4n) is 4.05. The van der Waals surface area contributed by atoms with E-state index in [0.717, 1.165) is 18.4 Å². The number of likely N-dealkylation sites (tertiary alicyclic amines) is 1. The predicted octanol–water partition coefficient (Wildman–Crippen LogP) is 3.40. The van der Waals surface area contributed by atoms with Crippen LogP contribution in [0.1, 0.15) is 47.6 Å². The summed E-state index contributed by atoms with van der Waals surface area (Å²) in [6.07, 6.45) is 6.41. The molecule has 0 radical (unpaired) electrons. The van der Waals surface area contributed by atoms with Crippen molar-refractivity contribution in [2.24, 2.45) is 0 Å². The molecule has 0 saturated carbocycles. The zero-order chi connectivity index (χ0) is 22.8. The Morgan fingerprint density at radius 3 is 2.88 bits per heavy atom. The van der Waals surface area contributed by atoms with Gasteiger partial charge in [0.1, 0.15) is 5.56 Å². The molecule has 1 saturated heterocycles. The van der Waals surface area contributed by atoms with Gasteiger partial charge in [0, 0.05) is 12.7 Å². The first-order valence-electron chi connectivity index (χ1n) is 10.9. The summed E-state index contributed by atoms with van der Waals surface area (Å²) in [4.78, 5) is 25.8. The number of aryl methyl sites for hydroxylation is 1. The van der Waals surface area contributed by atoms with Gasteiger partial charge in [-0.2, -0.15) is 20.0 Å². The first kappa shape index (κ1) is 20.8. The van der Waals surface area contributed by atoms with Gasteiger partial charge in [0.2, 0.25) is 5.88 Å². The number of nitrogens with zero attached hydrogens (tertiary/aromatic N) is 7. The van der Waals surface area contributed by atoms with Gasteiger partial charge in [-0.25, -0.2) is 4.98 Å². The summed E-state index contributed by atoms with van der Waals surface area (Å²) in [5.41, 5.74) is 2.77. The van der Waals surface area contributed by atoms with Gasteiger partial charge in [0.05, 0.1) is 36.3 Å². The molecule has 4 heterocycles. The van der Waals surface area contributed by atoms with Gasteiger partial charge in [-0.1, -0.05) is 16.8 Å². The van der Waals surface area contributed by atoms with Crippen molar-refractivity contribution in [2.45, 2.75) is 32.7 Å². The lowest BCUT2D eigenvalue weighted by Crippen LogP contribution is -2.32. The Kier molecular flexibility index (Phi) is 5.55. The van der Waals surface area contributed by atoms with Crippen molar-refractivity contribution in [3.63, 3.8) is 0 Å². The number of carbonyl (C=O) groups is 1. The molecule has 1 aliphatic rings. The molecule has 0 spiro atoms. The third kappa shape index (κ3) is 3.95. The zero-order valence-corrected chi connectivity index (χ0v) is 18.4. The summed E-state index contributed by atoms with van der Waals surface area (Å²) in [5.74, 6) is 1.10. The van der Waals surface area contributed by atoms with E-state index in [4.69, 9.17) is 9.26 Å². The van der Waals surface area contributed by atoms with Gasteiger partial charge >= 0.3 is 0 Å². The normalized spacial score (nSPS) is 15.7. The number of hydrogen-bond donors (Lipinski definition) is 0. The van der Waals surface area contributed by atoms with Crippen LogP contribution < -0.4 is 4.74 Å². The van der Waals surface area contributed by atoms with Crippen LogP contribution in [0.15, 0.2) is 53.4 Å². The maximum atomic E-state index is 13.7. The van der Waals surface area contributed by atoms with Crippen LogP contribution in [0.5, 0.6) is 5.88 Å². The van der Waals surface area contributed by atoms with Crippen LogP contribution in [-0.2, 0) is 0 Å². The van der Waals surface area contributed by atoms with Crippen molar-refractivity contribution in [1.82, 2.24) is 35.0 Å². The van der Waals surface area contributed by atoms with Gasteiger partial charge in [-0.05, 0) is 51.0 Å². The Hall–Kier alpha value is -4.08. The van der Waals surface area contributed by atoms with Crippen molar-refractivity contribution < 1.29 is 14.1 Å². The van der Waals surface area contributed by atoms with Crippen LogP contribution in [-0.4, -0.2) is 54.1 Å². The minimum absolute atomic E-state index is 0.115. The highest BCUT2D eigenvalue weighted by Crippen LogP contribution is 2.34. The van der Waals surface area contributed by atoms with E-state index in [2.05, 4.69) is 25.3 Å². The molecule has 1 fully saturated rings. The summed E-state index contributed by atoms with van der Waals surface area (Å²) in [6.45, 7) is 4.91. The third-order valence-electron chi connectivity index (χ3n) is 5.55. The molecule has 1 unspecified atom stereocenters. The van der Waals surface area contributed by atoms with Crippen molar-refractivity contribution in [3.8, 4) is 23.0 Å². The fourth-order valence-corrected chi connectivity index (χ4v) is 4.05. The topological polar surface area (TPSA) is 112 Å². The summed E-state index contributed by atoms with van der Waals surface area (Å²) in [6, 6.07) is 8.98. The van der Waals surface area contributed by atoms with Crippen LogP contribution in [0.2, 0.25) is 0 Å². The quantitative estimate of drug-likeness (QED) is 0.444. The molecule has 4 aromatic rings. The molecule has 1 atom stereocenters. The summed E-state index contributed by atoms with van der Waals surface area (Å²) >= 11 is 0.